The van der Waals surface area contributed by atoms with Gasteiger partial charge in [0, 0.05) is 0 Å². The second-order valence-corrected chi connectivity index (χ2v) is 25.7. The molecule has 0 atom stereocenters. The largest absolute Gasteiger partial charge is 0.214 e. The molecule has 0 radical (unpaired) electrons. The summed E-state index contributed by atoms with van der Waals surface area (Å²) in [5.74, 6) is 0.115. The van der Waals surface area contributed by atoms with Gasteiger partial charge in [0.2, 0.25) is 0 Å². The fourth-order valence-electron chi connectivity index (χ4n) is 8.34. The van der Waals surface area contributed by atoms with E-state index in [0.717, 1.165) is 0 Å². The van der Waals surface area contributed by atoms with Crippen LogP contribution < -0.4 is 0 Å². The summed E-state index contributed by atoms with van der Waals surface area (Å²) in [7, 11) is 13.9. The van der Waals surface area contributed by atoms with Crippen LogP contribution in [0.25, 0.3) is 21.5 Å². The summed E-state index contributed by atoms with van der Waals surface area (Å²) in [5.41, 5.74) is 11.0. The van der Waals surface area contributed by atoms with Crippen LogP contribution in [0.5, 0.6) is 0 Å². The van der Waals surface area contributed by atoms with E-state index < -0.39 is 18.9 Å². The number of hydrogen-bond donors (Lipinski definition) is 0. The van der Waals surface area contributed by atoms with Gasteiger partial charge < -0.3 is 0 Å². The van der Waals surface area contributed by atoms with E-state index in [1.807, 2.05) is 30.3 Å². The molecule has 58 heavy (non-hydrogen) atoms. The molecule has 3 heteroatoms. The summed E-state index contributed by atoms with van der Waals surface area (Å²) in [6.07, 6.45) is 0. The van der Waals surface area contributed by atoms with E-state index in [1.54, 1.807) is 0 Å². The van der Waals surface area contributed by atoms with Crippen LogP contribution in [-0.2, 0) is 29.7 Å². The van der Waals surface area contributed by atoms with Crippen molar-refractivity contribution in [1.82, 2.24) is 0 Å². The molecule has 0 spiro atoms. The maximum atomic E-state index is 6.96. The van der Waals surface area contributed by atoms with Crippen molar-refractivity contribution in [1.29, 1.82) is 0 Å². The van der Waals surface area contributed by atoms with Crippen LogP contribution in [-0.4, -0.2) is 3.21 Å². The standard InChI is InChI=1S/C27H22.C23H29.C5H5.2ClH.Zr/c1-5-13-22(14-6-1)26(23-15-7-2-8-16-23)21-27(24-17-9-3-10-18-24)25-19-11-4-12-20-25;1-14-9-16-11-17-10-15(2)21(23(6,7)8)13-19(17)18(16)12-20(14)22(3,4)5;1-2-4-5-3-1;;;/h1-20,26-27H;9-13H,1-8H3;1-5H;2*1H;/q;2*-1;;;+2/p-2. The van der Waals surface area contributed by atoms with Crippen LogP contribution in [0.1, 0.15) is 97.9 Å². The molecule has 296 valence electrons. The molecule has 0 N–H and O–H groups in total. The molecule has 0 saturated carbocycles. The third-order valence-electron chi connectivity index (χ3n) is 10.9. The normalized spacial score (nSPS) is 11.6. The second-order valence-electron chi connectivity index (χ2n) is 17.3. The molecular formula is C55H56Cl2Zr-2. The molecule has 0 saturated heterocycles. The first-order valence-electron chi connectivity index (χ1n) is 20.3. The molecule has 0 aliphatic rings. The summed E-state index contributed by atoms with van der Waals surface area (Å²) in [5, 5.41) is 5.55. The van der Waals surface area contributed by atoms with Gasteiger partial charge in [-0.2, -0.15) is 18.2 Å². The van der Waals surface area contributed by atoms with Gasteiger partial charge in [0.25, 0.3) is 0 Å². The van der Waals surface area contributed by atoms with Crippen molar-refractivity contribution in [2.45, 2.75) is 78.1 Å². The Labute approximate surface area is 362 Å². The van der Waals surface area contributed by atoms with E-state index in [4.69, 9.17) is 17.0 Å². The Morgan fingerprint density at radius 1 is 0.466 bits per heavy atom. The van der Waals surface area contributed by atoms with Crippen LogP contribution in [0.2, 0.25) is 0 Å². The van der Waals surface area contributed by atoms with Crippen molar-refractivity contribution >= 4 is 41.8 Å². The number of hydrogen-bond acceptors (Lipinski definition) is 0. The Kier molecular flexibility index (Phi) is 14.5. The molecule has 8 aromatic carbocycles. The summed E-state index contributed by atoms with van der Waals surface area (Å²) >= 11 is -2.88. The van der Waals surface area contributed by atoms with Gasteiger partial charge in [0.1, 0.15) is 0 Å². The smallest absolute Gasteiger partial charge is 0.172 e. The number of rotatable bonds is 6. The topological polar surface area (TPSA) is 0 Å². The zero-order valence-corrected chi connectivity index (χ0v) is 39.2. The van der Waals surface area contributed by atoms with E-state index in [9.17, 15) is 0 Å². The zero-order valence-electron chi connectivity index (χ0n) is 35.2. The molecule has 0 amide bonds. The van der Waals surface area contributed by atoms with Crippen molar-refractivity contribution in [3.8, 4) is 0 Å². The second kappa shape index (κ2) is 19.3. The van der Waals surface area contributed by atoms with Gasteiger partial charge in [-0.15, -0.1) is 39.7 Å². The van der Waals surface area contributed by atoms with E-state index in [1.165, 1.54) is 69.3 Å². The minimum Gasteiger partial charge on any atom is -0.214 e. The first-order valence-corrected chi connectivity index (χ1v) is 27.9. The molecule has 0 aliphatic heterocycles. The Morgan fingerprint density at radius 3 is 1.02 bits per heavy atom. The molecule has 0 aromatic heterocycles. The quantitative estimate of drug-likeness (QED) is 0.146. The fraction of sp³-hybridized carbons (Fsp3) is 0.218. The van der Waals surface area contributed by atoms with Gasteiger partial charge in [0.05, 0.1) is 0 Å². The molecule has 0 aliphatic carbocycles. The summed E-state index contributed by atoms with van der Waals surface area (Å²) in [4.78, 5) is 0. The summed E-state index contributed by atoms with van der Waals surface area (Å²) in [6, 6.07) is 64.4. The minimum atomic E-state index is -2.88. The van der Waals surface area contributed by atoms with E-state index in [-0.39, 0.29) is 22.7 Å². The summed E-state index contributed by atoms with van der Waals surface area (Å²) in [6.45, 7) is 18.3. The average molecular weight is 879 g/mol. The molecule has 8 rings (SSSR count). The van der Waals surface area contributed by atoms with Crippen molar-refractivity contribution in [3.63, 3.8) is 0 Å². The molecule has 8 aromatic rings. The van der Waals surface area contributed by atoms with Crippen molar-refractivity contribution in [2.75, 3.05) is 0 Å². The van der Waals surface area contributed by atoms with Gasteiger partial charge in [-0.05, 0) is 24.7 Å². The molecule has 0 nitrogen and oxygen atoms in total. The molecule has 0 heterocycles. The van der Waals surface area contributed by atoms with Gasteiger partial charge in [-0.1, -0.05) is 75.9 Å². The van der Waals surface area contributed by atoms with Gasteiger partial charge in [-0.25, -0.2) is 12.1 Å². The van der Waals surface area contributed by atoms with Crippen LogP contribution in [0.3, 0.4) is 0 Å². The monoisotopic (exact) mass is 876 g/mol. The maximum Gasteiger partial charge on any atom is -0.172 e. The molecule has 0 bridgehead atoms. The molecule has 0 unspecified atom stereocenters. The third kappa shape index (κ3) is 10.5. The van der Waals surface area contributed by atoms with Crippen LogP contribution in [0.4, 0.5) is 0 Å². The molecule has 0 fully saturated rings. The van der Waals surface area contributed by atoms with Gasteiger partial charge >= 0.3 is 195 Å². The van der Waals surface area contributed by atoms with E-state index in [2.05, 4.69) is 207 Å². The van der Waals surface area contributed by atoms with Crippen LogP contribution in [0.15, 0.2) is 182 Å². The van der Waals surface area contributed by atoms with Crippen molar-refractivity contribution in [2.24, 2.45) is 0 Å². The van der Waals surface area contributed by atoms with Crippen molar-refractivity contribution in [3.05, 3.63) is 226 Å². The zero-order chi connectivity index (χ0) is 41.5. The van der Waals surface area contributed by atoms with Crippen LogP contribution in [0, 0.1) is 13.8 Å². The van der Waals surface area contributed by atoms with Crippen molar-refractivity contribution < 1.29 is 18.9 Å². The predicted molar refractivity (Wildman–Crippen MR) is 252 cm³/mol. The predicted octanol–water partition coefficient (Wildman–Crippen LogP) is 16.1. The SMILES string of the molecule is Cc1cc2[cH-]c3cc(C)c(C(C)(C)C)cc3c2cc1C(C)(C)C.[Cl][Zr]([Cl])=[C](C(c1ccccc1)c1ccccc1)C(c1ccccc1)c1ccccc1.c1cc[cH-]c1. The number of benzene rings is 6. The fourth-order valence-corrected chi connectivity index (χ4v) is 13.6. The van der Waals surface area contributed by atoms with Crippen LogP contribution >= 0.6 is 17.0 Å². The Morgan fingerprint density at radius 2 is 0.776 bits per heavy atom. The van der Waals surface area contributed by atoms with E-state index in [0.29, 0.717) is 0 Å². The number of halogens is 2. The van der Waals surface area contributed by atoms with Gasteiger partial charge in [0.15, 0.2) is 0 Å². The maximum absolute atomic E-state index is 6.96. The van der Waals surface area contributed by atoms with Gasteiger partial charge in [-0.3, -0.25) is 0 Å². The molecular weight excluding hydrogens is 823 g/mol. The minimum absolute atomic E-state index is 0.0576. The Balaban J connectivity index is 0.000000179. The number of fused-ring (bicyclic) bond motifs is 3. The summed E-state index contributed by atoms with van der Waals surface area (Å²) < 4.78 is 1.26. The first kappa shape index (κ1) is 43.5. The first-order chi connectivity index (χ1) is 27.7. The Bertz CT molecular complexity index is 2270. The van der Waals surface area contributed by atoms with E-state index >= 15 is 0 Å². The number of aryl methyl sites for hydroxylation is 2. The third-order valence-corrected chi connectivity index (χ3v) is 16.0. The Hall–Kier alpha value is -4.13. The average Bonchev–Trinajstić information content (AvgIpc) is 3.90.